The Kier molecular flexibility index (Phi) is 6.81. The van der Waals surface area contributed by atoms with E-state index in [0.29, 0.717) is 28.4 Å². The van der Waals surface area contributed by atoms with Gasteiger partial charge in [-0.3, -0.25) is 9.69 Å². The van der Waals surface area contributed by atoms with Crippen LogP contribution in [0.4, 0.5) is 9.18 Å². The highest BCUT2D eigenvalue weighted by Gasteiger charge is 2.33. The maximum absolute atomic E-state index is 13.1. The second kappa shape index (κ2) is 10.1. The average Bonchev–Trinajstić information content (AvgIpc) is 3.44. The summed E-state index contributed by atoms with van der Waals surface area (Å²) in [6.07, 6.45) is 1.52. The lowest BCUT2D eigenvalue weighted by Crippen LogP contribution is -2.30. The molecule has 35 heavy (non-hydrogen) atoms. The lowest BCUT2D eigenvalue weighted by Gasteiger charge is -2.12. The maximum atomic E-state index is 13.1. The zero-order valence-electron chi connectivity index (χ0n) is 18.9. The minimum Gasteiger partial charge on any atom is -0.493 e. The number of halogens is 1. The summed E-state index contributed by atoms with van der Waals surface area (Å²) in [6.45, 7) is 0.0591. The van der Waals surface area contributed by atoms with E-state index in [4.69, 9.17) is 13.9 Å². The lowest BCUT2D eigenvalue weighted by molar-refractivity contribution is -0.123. The molecule has 0 aliphatic carbocycles. The number of methoxy groups -OCH3 is 2. The summed E-state index contributed by atoms with van der Waals surface area (Å²) in [5.74, 6) is -0.211. The topological polar surface area (TPSA) is 107 Å². The average molecular weight is 480 g/mol. The monoisotopic (exact) mass is 480 g/mol. The number of ether oxygens (including phenoxy) is 3. The van der Waals surface area contributed by atoms with E-state index in [0.717, 1.165) is 4.90 Å². The predicted molar refractivity (Wildman–Crippen MR) is 121 cm³/mol. The highest BCUT2D eigenvalue weighted by atomic mass is 19.1. The summed E-state index contributed by atoms with van der Waals surface area (Å²) >= 11 is 0. The number of hydrogen-bond acceptors (Lipinski definition) is 7. The van der Waals surface area contributed by atoms with Crippen molar-refractivity contribution in [1.29, 1.82) is 0 Å². The van der Waals surface area contributed by atoms with Gasteiger partial charge in [0, 0.05) is 0 Å². The fourth-order valence-electron chi connectivity index (χ4n) is 3.36. The third kappa shape index (κ3) is 5.32. The van der Waals surface area contributed by atoms with Crippen LogP contribution in [0.25, 0.3) is 6.08 Å². The van der Waals surface area contributed by atoms with E-state index in [9.17, 15) is 18.8 Å². The zero-order valence-corrected chi connectivity index (χ0v) is 18.9. The number of carbonyl (C=O) groups excluding carboxylic acids is 3. The third-order valence-electron chi connectivity index (χ3n) is 5.13. The first kappa shape index (κ1) is 23.6. The van der Waals surface area contributed by atoms with Gasteiger partial charge in [0.25, 0.3) is 5.91 Å². The zero-order chi connectivity index (χ0) is 24.9. The number of hydrogen-bond donors (Lipinski definition) is 1. The minimum atomic E-state index is -0.587. The molecule has 180 valence electrons. The van der Waals surface area contributed by atoms with E-state index in [-0.39, 0.29) is 24.6 Å². The molecule has 0 bridgehead atoms. The Morgan fingerprint density at radius 2 is 1.83 bits per heavy atom. The van der Waals surface area contributed by atoms with Gasteiger partial charge < -0.3 is 23.9 Å². The first-order valence-corrected chi connectivity index (χ1v) is 10.4. The summed E-state index contributed by atoms with van der Waals surface area (Å²) < 4.78 is 34.2. The second-order valence-corrected chi connectivity index (χ2v) is 7.46. The molecule has 1 saturated heterocycles. The molecule has 0 unspecified atom stereocenters. The van der Waals surface area contributed by atoms with Gasteiger partial charge in [-0.15, -0.1) is 0 Å². The molecule has 10 heteroatoms. The van der Waals surface area contributed by atoms with Gasteiger partial charge in [0.2, 0.25) is 5.76 Å². The summed E-state index contributed by atoms with van der Waals surface area (Å²) in [5, 5.41) is 2.55. The Balaban J connectivity index is 1.45. The molecule has 3 aromatic rings. The van der Waals surface area contributed by atoms with E-state index >= 15 is 0 Å². The van der Waals surface area contributed by atoms with Crippen molar-refractivity contribution in [2.24, 2.45) is 0 Å². The van der Waals surface area contributed by atoms with E-state index < -0.39 is 23.7 Å². The van der Waals surface area contributed by atoms with Crippen LogP contribution in [0.1, 0.15) is 27.4 Å². The van der Waals surface area contributed by atoms with Gasteiger partial charge in [-0.25, -0.2) is 14.0 Å². The number of carbonyl (C=O) groups is 3. The van der Waals surface area contributed by atoms with Gasteiger partial charge >= 0.3 is 12.0 Å². The molecule has 1 aromatic heterocycles. The summed E-state index contributed by atoms with van der Waals surface area (Å²) in [7, 11) is 2.73. The maximum Gasteiger partial charge on any atom is 0.373 e. The third-order valence-corrected chi connectivity index (χ3v) is 5.13. The Hall–Kier alpha value is -4.60. The lowest BCUT2D eigenvalue weighted by atomic mass is 10.1. The van der Waals surface area contributed by atoms with Crippen LogP contribution in [0, 0.1) is 5.82 Å². The Morgan fingerprint density at radius 1 is 1.06 bits per heavy atom. The fourth-order valence-corrected chi connectivity index (χ4v) is 3.36. The molecule has 9 nitrogen and oxygen atoms in total. The van der Waals surface area contributed by atoms with E-state index in [2.05, 4.69) is 10.1 Å². The van der Waals surface area contributed by atoms with Gasteiger partial charge in [0.15, 0.2) is 11.5 Å². The molecule has 0 spiro atoms. The number of amides is 3. The number of furan rings is 1. The minimum absolute atomic E-state index is 0.0167. The standard InChI is InChI=1S/C25H21FN2O7/c1-32-22-12-16(5-9-20(22)34-14-18-8-10-21(35-18)24(30)33-2)11-19-23(29)28(25(31)27-19)13-15-3-6-17(26)7-4-15/h3-12H,13-14H2,1-2H3,(H,27,31). The molecule has 2 aromatic carbocycles. The van der Waals surface area contributed by atoms with Crippen LogP contribution in [0.5, 0.6) is 11.5 Å². The van der Waals surface area contributed by atoms with Crippen molar-refractivity contribution in [2.75, 3.05) is 14.2 Å². The van der Waals surface area contributed by atoms with Crippen molar-refractivity contribution in [3.05, 3.63) is 88.8 Å². The molecule has 1 fully saturated rings. The summed E-state index contributed by atoms with van der Waals surface area (Å²) in [6, 6.07) is 13.1. The number of rotatable bonds is 8. The van der Waals surface area contributed by atoms with Crippen LogP contribution in [-0.4, -0.2) is 37.0 Å². The van der Waals surface area contributed by atoms with Crippen molar-refractivity contribution in [2.45, 2.75) is 13.2 Å². The molecule has 1 aliphatic heterocycles. The van der Waals surface area contributed by atoms with Crippen LogP contribution in [-0.2, 0) is 22.7 Å². The Bertz CT molecular complexity index is 1300. The van der Waals surface area contributed by atoms with E-state index in [1.807, 2.05) is 0 Å². The molecule has 3 amide bonds. The van der Waals surface area contributed by atoms with Crippen LogP contribution >= 0.6 is 0 Å². The smallest absolute Gasteiger partial charge is 0.373 e. The molecular formula is C25H21FN2O7. The highest BCUT2D eigenvalue weighted by Crippen LogP contribution is 2.30. The summed E-state index contributed by atoms with van der Waals surface area (Å²) in [5.41, 5.74) is 1.31. The number of benzene rings is 2. The van der Waals surface area contributed by atoms with Crippen molar-refractivity contribution in [1.82, 2.24) is 10.2 Å². The van der Waals surface area contributed by atoms with Gasteiger partial charge in [0.05, 0.1) is 20.8 Å². The quantitative estimate of drug-likeness (QED) is 0.296. The van der Waals surface area contributed by atoms with Crippen molar-refractivity contribution in [3.8, 4) is 11.5 Å². The second-order valence-electron chi connectivity index (χ2n) is 7.46. The van der Waals surface area contributed by atoms with E-state index in [1.165, 1.54) is 50.6 Å². The first-order chi connectivity index (χ1) is 16.9. The van der Waals surface area contributed by atoms with E-state index in [1.54, 1.807) is 24.3 Å². The largest absolute Gasteiger partial charge is 0.493 e. The number of nitrogens with zero attached hydrogens (tertiary/aromatic N) is 1. The molecule has 1 N–H and O–H groups in total. The van der Waals surface area contributed by atoms with Crippen LogP contribution in [0.15, 0.2) is 64.7 Å². The van der Waals surface area contributed by atoms with Crippen molar-refractivity contribution in [3.63, 3.8) is 0 Å². The summed E-state index contributed by atoms with van der Waals surface area (Å²) in [4.78, 5) is 37.6. The number of nitrogens with one attached hydrogen (secondary N) is 1. The van der Waals surface area contributed by atoms with Crippen LogP contribution < -0.4 is 14.8 Å². The highest BCUT2D eigenvalue weighted by molar-refractivity contribution is 6.13. The molecule has 0 radical (unpaired) electrons. The van der Waals surface area contributed by atoms with Crippen LogP contribution in [0.3, 0.4) is 0 Å². The van der Waals surface area contributed by atoms with Crippen molar-refractivity contribution >= 4 is 24.0 Å². The molecular weight excluding hydrogens is 459 g/mol. The number of esters is 1. The normalized spacial score (nSPS) is 14.3. The van der Waals surface area contributed by atoms with Gasteiger partial charge in [-0.05, 0) is 53.6 Å². The number of imide groups is 1. The predicted octanol–water partition coefficient (Wildman–Crippen LogP) is 3.89. The number of urea groups is 1. The van der Waals surface area contributed by atoms with Crippen LogP contribution in [0.2, 0.25) is 0 Å². The molecule has 1 aliphatic rings. The molecule has 4 rings (SSSR count). The SMILES string of the molecule is COC(=O)c1ccc(COc2ccc(C=C3NC(=O)N(Cc4ccc(F)cc4)C3=O)cc2OC)o1. The molecule has 2 heterocycles. The molecule has 0 atom stereocenters. The fraction of sp³-hybridized carbons (Fsp3) is 0.160. The Labute approximate surface area is 199 Å². The van der Waals surface area contributed by atoms with Crippen molar-refractivity contribution < 1.29 is 37.4 Å². The van der Waals surface area contributed by atoms with Gasteiger partial charge in [-0.1, -0.05) is 18.2 Å². The van der Waals surface area contributed by atoms with Gasteiger partial charge in [0.1, 0.15) is 23.9 Å². The van der Waals surface area contributed by atoms with Gasteiger partial charge in [-0.2, -0.15) is 0 Å². The first-order valence-electron chi connectivity index (χ1n) is 10.4. The Morgan fingerprint density at radius 3 is 2.54 bits per heavy atom. The molecule has 0 saturated carbocycles.